The zero-order chi connectivity index (χ0) is 16.1. The second-order valence-electron chi connectivity index (χ2n) is 4.94. The summed E-state index contributed by atoms with van der Waals surface area (Å²) in [7, 11) is 3.40. The molecule has 6 heteroatoms. The van der Waals surface area contributed by atoms with Gasteiger partial charge in [-0.1, -0.05) is 12.1 Å². The first kappa shape index (κ1) is 15.5. The first-order valence-corrected chi connectivity index (χ1v) is 6.65. The Labute approximate surface area is 128 Å². The molecule has 0 spiro atoms. The molecule has 22 heavy (non-hydrogen) atoms. The van der Waals surface area contributed by atoms with Gasteiger partial charge in [-0.15, -0.1) is 0 Å². The van der Waals surface area contributed by atoms with Crippen molar-refractivity contribution in [3.63, 3.8) is 0 Å². The van der Waals surface area contributed by atoms with Crippen LogP contribution in [0.15, 0.2) is 48.5 Å². The van der Waals surface area contributed by atoms with Crippen molar-refractivity contribution in [2.45, 2.75) is 6.61 Å². The zero-order valence-electron chi connectivity index (χ0n) is 12.4. The van der Waals surface area contributed by atoms with Gasteiger partial charge in [0.2, 0.25) is 0 Å². The van der Waals surface area contributed by atoms with E-state index in [1.165, 1.54) is 17.0 Å². The quantitative estimate of drug-likeness (QED) is 0.628. The van der Waals surface area contributed by atoms with Crippen LogP contribution in [-0.2, 0) is 6.61 Å². The summed E-state index contributed by atoms with van der Waals surface area (Å²) < 4.78 is 5.56. The van der Waals surface area contributed by atoms with Crippen LogP contribution in [0.1, 0.15) is 15.9 Å². The number of rotatable bonds is 5. The van der Waals surface area contributed by atoms with Crippen molar-refractivity contribution >= 4 is 11.6 Å². The predicted molar refractivity (Wildman–Crippen MR) is 81.9 cm³/mol. The van der Waals surface area contributed by atoms with Gasteiger partial charge in [0.1, 0.15) is 12.4 Å². The molecule has 0 saturated carbocycles. The molecule has 0 aliphatic heterocycles. The van der Waals surface area contributed by atoms with E-state index in [-0.39, 0.29) is 11.6 Å². The normalized spacial score (nSPS) is 10.1. The molecule has 0 radical (unpaired) electrons. The van der Waals surface area contributed by atoms with Crippen LogP contribution >= 0.6 is 0 Å². The molecule has 2 rings (SSSR count). The molecule has 0 aromatic heterocycles. The van der Waals surface area contributed by atoms with Crippen LogP contribution < -0.4 is 4.74 Å². The SMILES string of the molecule is CN(C)C(=O)c1ccc(COc2ccc([N+](=O)[O-])cc2)cc1. The van der Waals surface area contributed by atoms with Gasteiger partial charge in [-0.05, 0) is 29.8 Å². The van der Waals surface area contributed by atoms with Gasteiger partial charge >= 0.3 is 0 Å². The molecule has 0 bridgehead atoms. The molecule has 0 aliphatic carbocycles. The van der Waals surface area contributed by atoms with Gasteiger partial charge < -0.3 is 9.64 Å². The number of hydrogen-bond donors (Lipinski definition) is 0. The smallest absolute Gasteiger partial charge is 0.269 e. The van der Waals surface area contributed by atoms with Crippen LogP contribution in [0.3, 0.4) is 0 Å². The third-order valence-corrected chi connectivity index (χ3v) is 3.06. The minimum Gasteiger partial charge on any atom is -0.489 e. The monoisotopic (exact) mass is 300 g/mol. The number of carbonyl (C=O) groups excluding carboxylic acids is 1. The Bertz CT molecular complexity index is 664. The van der Waals surface area contributed by atoms with Crippen molar-refractivity contribution in [3.05, 3.63) is 69.8 Å². The van der Waals surface area contributed by atoms with E-state index in [1.54, 1.807) is 38.4 Å². The minimum absolute atomic E-state index is 0.0268. The Balaban J connectivity index is 1.97. The molecule has 0 heterocycles. The number of carbonyl (C=O) groups is 1. The molecular formula is C16H16N2O4. The topological polar surface area (TPSA) is 72.7 Å². The number of non-ortho nitro benzene ring substituents is 1. The van der Waals surface area contributed by atoms with Crippen molar-refractivity contribution in [2.75, 3.05) is 14.1 Å². The van der Waals surface area contributed by atoms with Crippen molar-refractivity contribution < 1.29 is 14.5 Å². The molecule has 114 valence electrons. The zero-order valence-corrected chi connectivity index (χ0v) is 12.4. The molecule has 2 aromatic rings. The van der Waals surface area contributed by atoms with Crippen LogP contribution in [0, 0.1) is 10.1 Å². The van der Waals surface area contributed by atoms with Crippen molar-refractivity contribution in [2.24, 2.45) is 0 Å². The van der Waals surface area contributed by atoms with Gasteiger partial charge in [-0.25, -0.2) is 0 Å². The van der Waals surface area contributed by atoms with Gasteiger partial charge in [0, 0.05) is 31.8 Å². The minimum atomic E-state index is -0.454. The van der Waals surface area contributed by atoms with Crippen molar-refractivity contribution in [3.8, 4) is 5.75 Å². The fourth-order valence-electron chi connectivity index (χ4n) is 1.83. The van der Waals surface area contributed by atoms with Crippen LogP contribution in [0.25, 0.3) is 0 Å². The fourth-order valence-corrected chi connectivity index (χ4v) is 1.83. The summed E-state index contributed by atoms with van der Waals surface area (Å²) in [4.78, 5) is 23.4. The number of benzene rings is 2. The Morgan fingerprint density at radius 3 is 2.18 bits per heavy atom. The molecule has 0 fully saturated rings. The Morgan fingerprint density at radius 2 is 1.68 bits per heavy atom. The van der Waals surface area contributed by atoms with Gasteiger partial charge in [0.15, 0.2) is 0 Å². The second kappa shape index (κ2) is 6.71. The van der Waals surface area contributed by atoms with Gasteiger partial charge in [-0.2, -0.15) is 0 Å². The number of nitro groups is 1. The molecule has 0 N–H and O–H groups in total. The van der Waals surface area contributed by atoms with E-state index < -0.39 is 4.92 Å². The molecule has 1 amide bonds. The summed E-state index contributed by atoms with van der Waals surface area (Å²) in [6.45, 7) is 0.328. The van der Waals surface area contributed by atoms with Crippen LogP contribution in [0.4, 0.5) is 5.69 Å². The molecule has 0 atom stereocenters. The highest BCUT2D eigenvalue weighted by Crippen LogP contribution is 2.18. The molecule has 2 aromatic carbocycles. The van der Waals surface area contributed by atoms with E-state index in [2.05, 4.69) is 0 Å². The Kier molecular flexibility index (Phi) is 4.73. The lowest BCUT2D eigenvalue weighted by molar-refractivity contribution is -0.384. The number of amides is 1. The van der Waals surface area contributed by atoms with E-state index in [1.807, 2.05) is 12.1 Å². The maximum atomic E-state index is 11.8. The van der Waals surface area contributed by atoms with E-state index in [4.69, 9.17) is 4.74 Å². The molecular weight excluding hydrogens is 284 g/mol. The summed E-state index contributed by atoms with van der Waals surface area (Å²) >= 11 is 0. The maximum Gasteiger partial charge on any atom is 0.269 e. The molecule has 0 unspecified atom stereocenters. The highest BCUT2D eigenvalue weighted by Gasteiger charge is 2.08. The Morgan fingerprint density at radius 1 is 1.09 bits per heavy atom. The number of nitro benzene ring substituents is 1. The van der Waals surface area contributed by atoms with E-state index in [9.17, 15) is 14.9 Å². The Hall–Kier alpha value is -2.89. The number of ether oxygens (including phenoxy) is 1. The summed E-state index contributed by atoms with van der Waals surface area (Å²) in [5.74, 6) is 0.502. The largest absolute Gasteiger partial charge is 0.489 e. The van der Waals surface area contributed by atoms with Crippen molar-refractivity contribution in [1.82, 2.24) is 4.90 Å². The second-order valence-corrected chi connectivity index (χ2v) is 4.94. The fraction of sp³-hybridized carbons (Fsp3) is 0.188. The lowest BCUT2D eigenvalue weighted by Crippen LogP contribution is -2.21. The van der Waals surface area contributed by atoms with Gasteiger partial charge in [0.25, 0.3) is 11.6 Å². The molecule has 6 nitrogen and oxygen atoms in total. The van der Waals surface area contributed by atoms with Crippen LogP contribution in [0.5, 0.6) is 5.75 Å². The van der Waals surface area contributed by atoms with Crippen molar-refractivity contribution in [1.29, 1.82) is 0 Å². The number of hydrogen-bond acceptors (Lipinski definition) is 4. The standard InChI is InChI=1S/C16H16N2O4/c1-17(2)16(19)13-5-3-12(4-6-13)11-22-15-9-7-14(8-10-15)18(20)21/h3-10H,11H2,1-2H3. The molecule has 0 saturated heterocycles. The van der Waals surface area contributed by atoms with Crippen LogP contribution in [-0.4, -0.2) is 29.8 Å². The highest BCUT2D eigenvalue weighted by atomic mass is 16.6. The predicted octanol–water partition coefficient (Wildman–Crippen LogP) is 2.88. The average molecular weight is 300 g/mol. The third kappa shape index (κ3) is 3.82. The third-order valence-electron chi connectivity index (χ3n) is 3.06. The van der Waals surface area contributed by atoms with Crippen LogP contribution in [0.2, 0.25) is 0 Å². The molecule has 0 aliphatic rings. The summed E-state index contributed by atoms with van der Waals surface area (Å²) in [6, 6.07) is 13.0. The number of nitrogens with zero attached hydrogens (tertiary/aromatic N) is 2. The highest BCUT2D eigenvalue weighted by molar-refractivity contribution is 5.93. The summed E-state index contributed by atoms with van der Waals surface area (Å²) in [5, 5.41) is 10.6. The maximum absolute atomic E-state index is 11.8. The van der Waals surface area contributed by atoms with E-state index in [0.29, 0.717) is 17.9 Å². The lowest BCUT2D eigenvalue weighted by atomic mass is 10.1. The summed E-state index contributed by atoms with van der Waals surface area (Å²) in [6.07, 6.45) is 0. The average Bonchev–Trinajstić information content (AvgIpc) is 2.53. The van der Waals surface area contributed by atoms with Gasteiger partial charge in [0.05, 0.1) is 4.92 Å². The first-order valence-electron chi connectivity index (χ1n) is 6.65. The first-order chi connectivity index (χ1) is 10.5. The van der Waals surface area contributed by atoms with Gasteiger partial charge in [-0.3, -0.25) is 14.9 Å². The van der Waals surface area contributed by atoms with E-state index >= 15 is 0 Å². The lowest BCUT2D eigenvalue weighted by Gasteiger charge is -2.11. The summed E-state index contributed by atoms with van der Waals surface area (Å²) in [5.41, 5.74) is 1.55. The van der Waals surface area contributed by atoms with E-state index in [0.717, 1.165) is 5.56 Å².